The molecule has 0 aliphatic heterocycles. The largest absolute Gasteiger partial charge is 0.481 e. The summed E-state index contributed by atoms with van der Waals surface area (Å²) >= 11 is 0. The molecule has 4 N–H and O–H groups in total. The number of nitrogens with one attached hydrogen (secondary N) is 1. The summed E-state index contributed by atoms with van der Waals surface area (Å²) in [5.41, 5.74) is 5.21. The first kappa shape index (κ1) is 22.8. The van der Waals surface area contributed by atoms with Crippen molar-refractivity contribution in [1.29, 1.82) is 0 Å². The molecule has 0 aromatic heterocycles. The minimum atomic E-state index is -1.03. The normalized spacial score (nSPS) is 15.5. The summed E-state index contributed by atoms with van der Waals surface area (Å²) in [5.74, 6) is -0.886. The van der Waals surface area contributed by atoms with Gasteiger partial charge in [0.2, 0.25) is 0 Å². The maximum Gasteiger partial charge on any atom is 0.407 e. The van der Waals surface area contributed by atoms with E-state index >= 15 is 0 Å². The summed E-state index contributed by atoms with van der Waals surface area (Å²) in [4.78, 5) is 24.4. The molecular formula is C21H34N2O4. The van der Waals surface area contributed by atoms with E-state index in [2.05, 4.69) is 5.32 Å². The van der Waals surface area contributed by atoms with Gasteiger partial charge in [0.05, 0.1) is 5.41 Å². The van der Waals surface area contributed by atoms with Crippen molar-refractivity contribution in [3.8, 4) is 0 Å². The van der Waals surface area contributed by atoms with Gasteiger partial charge in [0.1, 0.15) is 5.60 Å². The third kappa shape index (κ3) is 6.77. The van der Waals surface area contributed by atoms with Crippen LogP contribution in [0.25, 0.3) is 0 Å². The molecule has 0 spiro atoms. The Hall–Kier alpha value is -2.24. The first-order valence-electron chi connectivity index (χ1n) is 9.21. The van der Waals surface area contributed by atoms with Crippen molar-refractivity contribution in [2.24, 2.45) is 10.8 Å². The molecule has 1 amide bonds. The van der Waals surface area contributed by atoms with Crippen LogP contribution in [-0.2, 0) is 16.0 Å². The summed E-state index contributed by atoms with van der Waals surface area (Å²) in [7, 11) is 0. The Morgan fingerprint density at radius 3 is 2.00 bits per heavy atom. The minimum absolute atomic E-state index is 0.273. The van der Waals surface area contributed by atoms with E-state index in [9.17, 15) is 14.7 Å². The van der Waals surface area contributed by atoms with Crippen LogP contribution < -0.4 is 11.1 Å². The number of alkyl carbamates (subject to hydrolysis) is 1. The summed E-state index contributed by atoms with van der Waals surface area (Å²) in [6, 6.07) is 6.95. The van der Waals surface area contributed by atoms with Crippen LogP contribution in [0, 0.1) is 10.8 Å². The van der Waals surface area contributed by atoms with E-state index in [1.807, 2.05) is 32.9 Å². The van der Waals surface area contributed by atoms with Crippen LogP contribution in [0.3, 0.4) is 0 Å². The zero-order valence-electron chi connectivity index (χ0n) is 17.6. The Morgan fingerprint density at radius 1 is 1.07 bits per heavy atom. The number of hydrogen-bond donors (Lipinski definition) is 3. The van der Waals surface area contributed by atoms with E-state index in [-0.39, 0.29) is 6.42 Å². The Balaban J connectivity index is 3.10. The molecule has 1 aromatic rings. The lowest BCUT2D eigenvalue weighted by atomic mass is 9.64. The molecule has 27 heavy (non-hydrogen) atoms. The number of carbonyl (C=O) groups is 2. The van der Waals surface area contributed by atoms with Gasteiger partial charge in [-0.05, 0) is 63.6 Å². The molecule has 6 heteroatoms. The maximum absolute atomic E-state index is 12.3. The molecule has 0 heterocycles. The summed E-state index contributed by atoms with van der Waals surface area (Å²) < 4.78 is 5.37. The van der Waals surface area contributed by atoms with E-state index in [0.717, 1.165) is 5.56 Å². The fourth-order valence-electron chi connectivity index (χ4n) is 2.79. The van der Waals surface area contributed by atoms with Crippen LogP contribution in [0.15, 0.2) is 24.3 Å². The summed E-state index contributed by atoms with van der Waals surface area (Å²) in [6.45, 7) is 12.8. The lowest BCUT2D eigenvalue weighted by molar-refractivity contribution is -0.156. The lowest BCUT2D eigenvalue weighted by Gasteiger charge is -2.40. The van der Waals surface area contributed by atoms with Gasteiger partial charge in [-0.2, -0.15) is 0 Å². The van der Waals surface area contributed by atoms with Crippen LogP contribution in [0.1, 0.15) is 60.5 Å². The van der Waals surface area contributed by atoms with Gasteiger partial charge in [0, 0.05) is 11.7 Å². The van der Waals surface area contributed by atoms with Gasteiger partial charge in [-0.25, -0.2) is 4.79 Å². The highest BCUT2D eigenvalue weighted by molar-refractivity contribution is 5.75. The van der Waals surface area contributed by atoms with Crippen LogP contribution in [-0.4, -0.2) is 28.8 Å². The van der Waals surface area contributed by atoms with Gasteiger partial charge in [-0.3, -0.25) is 4.79 Å². The number of rotatable bonds is 6. The van der Waals surface area contributed by atoms with Crippen molar-refractivity contribution in [2.75, 3.05) is 5.73 Å². The predicted octanol–water partition coefficient (Wildman–Crippen LogP) is 4.23. The minimum Gasteiger partial charge on any atom is -0.481 e. The average Bonchev–Trinajstić information content (AvgIpc) is 2.46. The maximum atomic E-state index is 12.3. The molecule has 0 saturated carbocycles. The van der Waals surface area contributed by atoms with Crippen molar-refractivity contribution < 1.29 is 19.4 Å². The Morgan fingerprint density at radius 2 is 1.59 bits per heavy atom. The first-order valence-corrected chi connectivity index (χ1v) is 9.21. The van der Waals surface area contributed by atoms with Crippen LogP contribution in [0.4, 0.5) is 10.5 Å². The quantitative estimate of drug-likeness (QED) is 0.643. The van der Waals surface area contributed by atoms with Crippen molar-refractivity contribution in [1.82, 2.24) is 5.32 Å². The number of ether oxygens (including phenoxy) is 1. The van der Waals surface area contributed by atoms with E-state index in [4.69, 9.17) is 10.5 Å². The highest BCUT2D eigenvalue weighted by atomic mass is 16.6. The molecule has 0 aliphatic carbocycles. The molecule has 0 bridgehead atoms. The van der Waals surface area contributed by atoms with Gasteiger partial charge >= 0.3 is 12.1 Å². The average molecular weight is 379 g/mol. The van der Waals surface area contributed by atoms with Crippen LogP contribution in [0.2, 0.25) is 0 Å². The number of nitrogens with two attached hydrogens (primary N) is 1. The van der Waals surface area contributed by atoms with Crippen molar-refractivity contribution in [3.63, 3.8) is 0 Å². The number of nitrogen functional groups attached to an aromatic ring is 1. The van der Waals surface area contributed by atoms with Crippen molar-refractivity contribution >= 4 is 17.7 Å². The van der Waals surface area contributed by atoms with E-state index < -0.39 is 34.5 Å². The Labute approximate surface area is 162 Å². The topological polar surface area (TPSA) is 102 Å². The molecule has 1 aromatic carbocycles. The van der Waals surface area contributed by atoms with Crippen LogP contribution in [0.5, 0.6) is 0 Å². The first-order chi connectivity index (χ1) is 12.1. The number of carboxylic acids is 1. The number of carbonyl (C=O) groups excluding carboxylic acids is 1. The van der Waals surface area contributed by atoms with Crippen LogP contribution >= 0.6 is 0 Å². The van der Waals surface area contributed by atoms with Gasteiger partial charge in [0.25, 0.3) is 0 Å². The van der Waals surface area contributed by atoms with Crippen molar-refractivity contribution in [3.05, 3.63) is 29.8 Å². The number of anilines is 1. The standard InChI is InChI=1S/C21H34N2O4/c1-19(2,3)21(7,17(24)25)13-16(23-18(26)27-20(4,5)6)12-14-8-10-15(22)11-9-14/h8-11,16H,12-13,22H2,1-7H3,(H,23,26)(H,24,25)/t16-,21-/m1/s1. The Kier molecular flexibility index (Phi) is 6.92. The second-order valence-electron chi connectivity index (χ2n) is 9.38. The molecule has 152 valence electrons. The van der Waals surface area contributed by atoms with Crippen molar-refractivity contribution in [2.45, 2.75) is 73.0 Å². The van der Waals surface area contributed by atoms with Gasteiger partial charge in [-0.15, -0.1) is 0 Å². The third-order valence-electron chi connectivity index (χ3n) is 4.96. The molecule has 6 nitrogen and oxygen atoms in total. The molecule has 1 rings (SSSR count). The molecule has 0 saturated heterocycles. The monoisotopic (exact) mass is 378 g/mol. The van der Waals surface area contributed by atoms with E-state index in [0.29, 0.717) is 12.1 Å². The molecule has 2 atom stereocenters. The lowest BCUT2D eigenvalue weighted by Crippen LogP contribution is -2.48. The highest BCUT2D eigenvalue weighted by Gasteiger charge is 2.46. The number of amides is 1. The molecule has 0 fully saturated rings. The second-order valence-corrected chi connectivity index (χ2v) is 9.38. The molecule has 0 unspecified atom stereocenters. The third-order valence-corrected chi connectivity index (χ3v) is 4.96. The number of aliphatic carboxylic acids is 1. The molecule has 0 aliphatic rings. The smallest absolute Gasteiger partial charge is 0.407 e. The van der Waals surface area contributed by atoms with Gasteiger partial charge in [0.15, 0.2) is 0 Å². The fourth-order valence-corrected chi connectivity index (χ4v) is 2.79. The number of hydrogen-bond acceptors (Lipinski definition) is 4. The van der Waals surface area contributed by atoms with Gasteiger partial charge < -0.3 is 20.9 Å². The highest BCUT2D eigenvalue weighted by Crippen LogP contribution is 2.43. The summed E-state index contributed by atoms with van der Waals surface area (Å²) in [6.07, 6.45) is 0.207. The fraction of sp³-hybridized carbons (Fsp3) is 0.619. The zero-order valence-corrected chi connectivity index (χ0v) is 17.6. The molecule has 0 radical (unpaired) electrons. The molecular weight excluding hydrogens is 344 g/mol. The predicted molar refractivity (Wildman–Crippen MR) is 108 cm³/mol. The second kappa shape index (κ2) is 8.19. The number of benzene rings is 1. The van der Waals surface area contributed by atoms with E-state index in [1.165, 1.54) is 0 Å². The van der Waals surface area contributed by atoms with E-state index in [1.54, 1.807) is 39.8 Å². The zero-order chi connectivity index (χ0) is 21.0. The summed E-state index contributed by atoms with van der Waals surface area (Å²) in [5, 5.41) is 12.7. The van der Waals surface area contributed by atoms with Gasteiger partial charge in [-0.1, -0.05) is 32.9 Å². The number of carboxylic acid groups (broad SMARTS) is 1. The SMILES string of the molecule is CC(C)(C)OC(=O)N[C@H](Cc1ccc(N)cc1)C[C@](C)(C(=O)O)C(C)(C)C. The Bertz CT molecular complexity index is 656.